The first kappa shape index (κ1) is 20.8. The first-order chi connectivity index (χ1) is 15.0. The van der Waals surface area contributed by atoms with Crippen molar-refractivity contribution in [2.24, 2.45) is 0 Å². The van der Waals surface area contributed by atoms with Crippen molar-refractivity contribution in [2.75, 3.05) is 13.6 Å². The summed E-state index contributed by atoms with van der Waals surface area (Å²) in [5.74, 6) is -0.0227. The molecule has 8 heteroatoms. The first-order valence-electron chi connectivity index (χ1n) is 10.7. The molecule has 0 atom stereocenters. The van der Waals surface area contributed by atoms with Gasteiger partial charge in [0.15, 0.2) is 5.82 Å². The highest BCUT2D eigenvalue weighted by Gasteiger charge is 2.29. The van der Waals surface area contributed by atoms with Gasteiger partial charge in [0.1, 0.15) is 5.69 Å². The van der Waals surface area contributed by atoms with Crippen molar-refractivity contribution in [3.05, 3.63) is 71.1 Å². The minimum absolute atomic E-state index is 0.145. The number of fused-ring (bicyclic) bond motifs is 1. The quantitative estimate of drug-likeness (QED) is 0.589. The molecular formula is C23H28N6O2. The zero-order valence-electron chi connectivity index (χ0n) is 18.3. The highest BCUT2D eigenvalue weighted by molar-refractivity contribution is 5.96. The Kier molecular flexibility index (Phi) is 5.88. The van der Waals surface area contributed by atoms with Crippen LogP contribution in [0.5, 0.6) is 0 Å². The van der Waals surface area contributed by atoms with E-state index in [9.17, 15) is 9.59 Å². The van der Waals surface area contributed by atoms with Crippen molar-refractivity contribution in [1.82, 2.24) is 29.1 Å². The number of hydrogen-bond donors (Lipinski definition) is 0. The number of carbonyl (C=O) groups excluding carboxylic acids is 2. The van der Waals surface area contributed by atoms with Crippen LogP contribution in [0.1, 0.15) is 51.4 Å². The molecule has 0 saturated heterocycles. The molecule has 2 aromatic heterocycles. The number of imidazole rings is 1. The molecule has 0 aliphatic carbocycles. The van der Waals surface area contributed by atoms with Gasteiger partial charge < -0.3 is 14.4 Å². The Morgan fingerprint density at radius 2 is 1.97 bits per heavy atom. The molecule has 31 heavy (non-hydrogen) atoms. The molecule has 3 heterocycles. The smallest absolute Gasteiger partial charge is 0.290 e. The van der Waals surface area contributed by atoms with E-state index in [-0.39, 0.29) is 11.8 Å². The Labute approximate surface area is 182 Å². The molecule has 1 aliphatic heterocycles. The van der Waals surface area contributed by atoms with Gasteiger partial charge in [-0.3, -0.25) is 14.3 Å². The predicted molar refractivity (Wildman–Crippen MR) is 116 cm³/mol. The lowest BCUT2D eigenvalue weighted by atomic mass is 10.2. The molecule has 3 aromatic rings. The molecule has 0 unspecified atom stereocenters. The van der Waals surface area contributed by atoms with Crippen LogP contribution in [0, 0.1) is 6.92 Å². The monoisotopic (exact) mass is 420 g/mol. The van der Waals surface area contributed by atoms with Gasteiger partial charge in [-0.25, -0.2) is 4.98 Å². The lowest BCUT2D eigenvalue weighted by molar-refractivity contribution is 0.0683. The number of amides is 2. The minimum atomic E-state index is -0.203. The van der Waals surface area contributed by atoms with E-state index >= 15 is 0 Å². The molecule has 2 amide bonds. The average Bonchev–Trinajstić information content (AvgIpc) is 3.34. The van der Waals surface area contributed by atoms with Gasteiger partial charge in [0, 0.05) is 39.4 Å². The Hall–Kier alpha value is -3.42. The number of carbonyl (C=O) groups is 2. The third-order valence-corrected chi connectivity index (χ3v) is 5.47. The number of aryl methyl sites for hydroxylation is 2. The van der Waals surface area contributed by atoms with Crippen molar-refractivity contribution in [3.8, 4) is 0 Å². The Morgan fingerprint density at radius 1 is 1.19 bits per heavy atom. The van der Waals surface area contributed by atoms with E-state index < -0.39 is 0 Å². The van der Waals surface area contributed by atoms with Crippen LogP contribution >= 0.6 is 0 Å². The number of rotatable bonds is 7. The van der Waals surface area contributed by atoms with Crippen LogP contribution < -0.4 is 0 Å². The second-order valence-corrected chi connectivity index (χ2v) is 8.02. The summed E-state index contributed by atoms with van der Waals surface area (Å²) in [5.41, 5.74) is 3.30. The summed E-state index contributed by atoms with van der Waals surface area (Å²) < 4.78 is 3.73. The fourth-order valence-corrected chi connectivity index (χ4v) is 3.93. The standard InChI is InChI=1S/C23H28N6O2/c1-4-10-29-19(13-17(2)25-29)15-26(3)22(30)20-16-27-11-12-28(23(31)21(27)24-20)14-18-8-6-5-7-9-18/h5-9,13,16H,4,10-12,14-15H2,1-3H3. The van der Waals surface area contributed by atoms with Gasteiger partial charge in [-0.15, -0.1) is 0 Å². The maximum absolute atomic E-state index is 13.0. The largest absolute Gasteiger partial charge is 0.334 e. The summed E-state index contributed by atoms with van der Waals surface area (Å²) in [7, 11) is 1.75. The first-order valence-corrected chi connectivity index (χ1v) is 10.7. The molecule has 0 spiro atoms. The van der Waals surface area contributed by atoms with Crippen LogP contribution in [0.4, 0.5) is 0 Å². The minimum Gasteiger partial charge on any atom is -0.334 e. The lowest BCUT2D eigenvalue weighted by Gasteiger charge is -2.27. The average molecular weight is 421 g/mol. The summed E-state index contributed by atoms with van der Waals surface area (Å²) in [6.45, 7) is 7.07. The van der Waals surface area contributed by atoms with Crippen LogP contribution in [0.3, 0.4) is 0 Å². The summed E-state index contributed by atoms with van der Waals surface area (Å²) >= 11 is 0. The van der Waals surface area contributed by atoms with Crippen molar-refractivity contribution in [1.29, 1.82) is 0 Å². The van der Waals surface area contributed by atoms with Crippen LogP contribution in [-0.2, 0) is 26.2 Å². The molecule has 0 saturated carbocycles. The third-order valence-electron chi connectivity index (χ3n) is 5.47. The number of hydrogen-bond acceptors (Lipinski definition) is 4. The molecule has 4 rings (SSSR count). The van der Waals surface area contributed by atoms with Gasteiger partial charge in [-0.05, 0) is 25.0 Å². The normalized spacial score (nSPS) is 13.4. The van der Waals surface area contributed by atoms with Gasteiger partial charge in [0.05, 0.1) is 17.9 Å². The van der Waals surface area contributed by atoms with Crippen LogP contribution in [0.25, 0.3) is 0 Å². The van der Waals surface area contributed by atoms with Gasteiger partial charge in [-0.2, -0.15) is 5.10 Å². The second kappa shape index (κ2) is 8.75. The predicted octanol–water partition coefficient (Wildman–Crippen LogP) is 2.73. The van der Waals surface area contributed by atoms with E-state index in [1.165, 1.54) is 0 Å². The SMILES string of the molecule is CCCn1nc(C)cc1CN(C)C(=O)c1cn2c(n1)C(=O)N(Cc1ccccc1)CC2. The molecular weight excluding hydrogens is 392 g/mol. The van der Waals surface area contributed by atoms with Crippen LogP contribution in [0.15, 0.2) is 42.6 Å². The van der Waals surface area contributed by atoms with Crippen molar-refractivity contribution >= 4 is 11.8 Å². The van der Waals surface area contributed by atoms with Gasteiger partial charge in [0.25, 0.3) is 11.8 Å². The Balaban J connectivity index is 1.47. The van der Waals surface area contributed by atoms with E-state index in [4.69, 9.17) is 0 Å². The molecule has 1 aliphatic rings. The summed E-state index contributed by atoms with van der Waals surface area (Å²) in [5, 5.41) is 4.50. The van der Waals surface area contributed by atoms with E-state index in [1.54, 1.807) is 27.6 Å². The zero-order chi connectivity index (χ0) is 22.0. The van der Waals surface area contributed by atoms with E-state index in [0.717, 1.165) is 29.9 Å². The fourth-order valence-electron chi connectivity index (χ4n) is 3.93. The summed E-state index contributed by atoms with van der Waals surface area (Å²) in [4.78, 5) is 33.8. The summed E-state index contributed by atoms with van der Waals surface area (Å²) in [6.07, 6.45) is 2.67. The van der Waals surface area contributed by atoms with Gasteiger partial charge in [-0.1, -0.05) is 37.3 Å². The molecule has 0 radical (unpaired) electrons. The topological polar surface area (TPSA) is 76.3 Å². The Bertz CT molecular complexity index is 1080. The van der Waals surface area contributed by atoms with Crippen molar-refractivity contribution in [2.45, 2.75) is 46.4 Å². The molecule has 1 aromatic carbocycles. The van der Waals surface area contributed by atoms with Gasteiger partial charge in [0.2, 0.25) is 0 Å². The highest BCUT2D eigenvalue weighted by Crippen LogP contribution is 2.17. The Morgan fingerprint density at radius 3 is 2.71 bits per heavy atom. The number of nitrogens with zero attached hydrogens (tertiary/aromatic N) is 6. The maximum atomic E-state index is 13.0. The molecule has 0 bridgehead atoms. The van der Waals surface area contributed by atoms with E-state index in [0.29, 0.717) is 37.7 Å². The molecule has 0 fully saturated rings. The molecule has 0 N–H and O–H groups in total. The van der Waals surface area contributed by atoms with E-state index in [2.05, 4.69) is 17.0 Å². The van der Waals surface area contributed by atoms with Crippen LogP contribution in [0.2, 0.25) is 0 Å². The van der Waals surface area contributed by atoms with Gasteiger partial charge >= 0.3 is 0 Å². The molecule has 8 nitrogen and oxygen atoms in total. The number of benzene rings is 1. The molecule has 162 valence electrons. The lowest BCUT2D eigenvalue weighted by Crippen LogP contribution is -2.39. The second-order valence-electron chi connectivity index (χ2n) is 8.02. The highest BCUT2D eigenvalue weighted by atomic mass is 16.2. The maximum Gasteiger partial charge on any atom is 0.290 e. The fraction of sp³-hybridized carbons (Fsp3) is 0.391. The van der Waals surface area contributed by atoms with E-state index in [1.807, 2.05) is 48.0 Å². The summed E-state index contributed by atoms with van der Waals surface area (Å²) in [6, 6.07) is 11.9. The number of aromatic nitrogens is 4. The van der Waals surface area contributed by atoms with Crippen molar-refractivity contribution < 1.29 is 9.59 Å². The third kappa shape index (κ3) is 4.38. The zero-order valence-corrected chi connectivity index (χ0v) is 18.3. The van der Waals surface area contributed by atoms with Crippen LogP contribution in [-0.4, -0.2) is 54.5 Å². The van der Waals surface area contributed by atoms with Crippen molar-refractivity contribution in [3.63, 3.8) is 0 Å².